The number of nitrogens with zero attached hydrogens (tertiary/aromatic N) is 1. The van der Waals surface area contributed by atoms with Crippen LogP contribution in [-0.2, 0) is 4.79 Å². The van der Waals surface area contributed by atoms with Crippen LogP contribution in [0.3, 0.4) is 0 Å². The van der Waals surface area contributed by atoms with E-state index in [0.29, 0.717) is 10.8 Å². The Hall–Kier alpha value is -3.11. The zero-order valence-electron chi connectivity index (χ0n) is 14.9. The minimum Gasteiger partial charge on any atom is -0.484 e. The summed E-state index contributed by atoms with van der Waals surface area (Å²) in [5.74, 6) is 0.247. The molecule has 0 atom stereocenters. The fourth-order valence-corrected chi connectivity index (χ4v) is 2.58. The molecule has 0 spiro atoms. The molecule has 5 heteroatoms. The smallest absolute Gasteiger partial charge is 0.277 e. The standard InChI is InChI=1S/C22H19ClN2O2/c1-16(17-7-9-19(10-8-17)18-5-3-2-4-6-18)24-25-22(26)15-27-21-13-11-20(23)12-14-21/h2-14H,15H2,1H3,(H,25,26)/b24-16+. The van der Waals surface area contributed by atoms with Crippen LogP contribution in [0.2, 0.25) is 5.02 Å². The number of benzene rings is 3. The minimum absolute atomic E-state index is 0.120. The number of carbonyl (C=O) groups is 1. The van der Waals surface area contributed by atoms with E-state index in [2.05, 4.69) is 22.7 Å². The summed E-state index contributed by atoms with van der Waals surface area (Å²) in [6, 6.07) is 25.0. The summed E-state index contributed by atoms with van der Waals surface area (Å²) in [4.78, 5) is 11.9. The number of rotatable bonds is 6. The number of hydrazone groups is 1. The van der Waals surface area contributed by atoms with E-state index in [-0.39, 0.29) is 12.5 Å². The second-order valence-electron chi connectivity index (χ2n) is 5.92. The minimum atomic E-state index is -0.329. The molecule has 3 aromatic carbocycles. The third-order valence-corrected chi connectivity index (χ3v) is 4.19. The van der Waals surface area contributed by atoms with E-state index in [1.165, 1.54) is 0 Å². The first-order valence-corrected chi connectivity index (χ1v) is 8.87. The van der Waals surface area contributed by atoms with Crippen LogP contribution in [-0.4, -0.2) is 18.2 Å². The fourth-order valence-electron chi connectivity index (χ4n) is 2.46. The molecule has 3 aromatic rings. The lowest BCUT2D eigenvalue weighted by molar-refractivity contribution is -0.123. The van der Waals surface area contributed by atoms with Crippen molar-refractivity contribution in [2.24, 2.45) is 5.10 Å². The predicted octanol–water partition coefficient (Wildman–Crippen LogP) is 4.93. The third-order valence-electron chi connectivity index (χ3n) is 3.94. The van der Waals surface area contributed by atoms with Gasteiger partial charge in [0.1, 0.15) is 5.75 Å². The van der Waals surface area contributed by atoms with Crippen molar-refractivity contribution >= 4 is 23.2 Å². The van der Waals surface area contributed by atoms with E-state index in [9.17, 15) is 4.79 Å². The van der Waals surface area contributed by atoms with Gasteiger partial charge in [0.25, 0.3) is 5.91 Å². The fraction of sp³-hybridized carbons (Fsp3) is 0.0909. The lowest BCUT2D eigenvalue weighted by Crippen LogP contribution is -2.25. The van der Waals surface area contributed by atoms with Crippen LogP contribution in [0.15, 0.2) is 84.0 Å². The van der Waals surface area contributed by atoms with Gasteiger partial charge in [-0.25, -0.2) is 5.43 Å². The largest absolute Gasteiger partial charge is 0.484 e. The second-order valence-corrected chi connectivity index (χ2v) is 6.35. The van der Waals surface area contributed by atoms with Crippen molar-refractivity contribution in [2.75, 3.05) is 6.61 Å². The van der Waals surface area contributed by atoms with Crippen molar-refractivity contribution in [3.05, 3.63) is 89.4 Å². The summed E-state index contributed by atoms with van der Waals surface area (Å²) in [5.41, 5.74) is 6.45. The number of amides is 1. The van der Waals surface area contributed by atoms with Crippen LogP contribution in [0.1, 0.15) is 12.5 Å². The van der Waals surface area contributed by atoms with Gasteiger partial charge in [-0.2, -0.15) is 5.10 Å². The van der Waals surface area contributed by atoms with Crippen LogP contribution in [0.4, 0.5) is 0 Å². The maximum Gasteiger partial charge on any atom is 0.277 e. The molecular formula is C22H19ClN2O2. The van der Waals surface area contributed by atoms with E-state index in [4.69, 9.17) is 16.3 Å². The van der Waals surface area contributed by atoms with Gasteiger partial charge in [0.2, 0.25) is 0 Å². The Morgan fingerprint density at radius 1 is 0.926 bits per heavy atom. The molecule has 0 unspecified atom stereocenters. The summed E-state index contributed by atoms with van der Waals surface area (Å²) >= 11 is 5.81. The molecule has 0 aromatic heterocycles. The molecule has 0 radical (unpaired) electrons. The van der Waals surface area contributed by atoms with Crippen LogP contribution in [0.5, 0.6) is 5.75 Å². The first-order chi connectivity index (χ1) is 13.1. The van der Waals surface area contributed by atoms with E-state index in [1.54, 1.807) is 24.3 Å². The van der Waals surface area contributed by atoms with Gasteiger partial charge in [-0.05, 0) is 47.9 Å². The van der Waals surface area contributed by atoms with E-state index >= 15 is 0 Å². The van der Waals surface area contributed by atoms with Crippen molar-refractivity contribution in [1.29, 1.82) is 0 Å². The molecule has 136 valence electrons. The quantitative estimate of drug-likeness (QED) is 0.488. The summed E-state index contributed by atoms with van der Waals surface area (Å²) in [5, 5.41) is 4.76. The highest BCUT2D eigenvalue weighted by Gasteiger charge is 2.04. The SMILES string of the molecule is C/C(=N\NC(=O)COc1ccc(Cl)cc1)c1ccc(-c2ccccc2)cc1. The Morgan fingerprint density at radius 3 is 2.22 bits per heavy atom. The summed E-state index contributed by atoms with van der Waals surface area (Å²) in [7, 11) is 0. The van der Waals surface area contributed by atoms with E-state index in [1.807, 2.05) is 49.4 Å². The lowest BCUT2D eigenvalue weighted by Gasteiger charge is -2.07. The number of hydrogen-bond donors (Lipinski definition) is 1. The van der Waals surface area contributed by atoms with E-state index < -0.39 is 0 Å². The number of carbonyl (C=O) groups excluding carboxylic acids is 1. The van der Waals surface area contributed by atoms with E-state index in [0.717, 1.165) is 22.4 Å². The van der Waals surface area contributed by atoms with Gasteiger partial charge in [-0.1, -0.05) is 66.2 Å². The molecule has 0 aliphatic carbocycles. The van der Waals surface area contributed by atoms with Crippen molar-refractivity contribution in [2.45, 2.75) is 6.92 Å². The second kappa shape index (κ2) is 9.01. The molecule has 27 heavy (non-hydrogen) atoms. The molecular weight excluding hydrogens is 360 g/mol. The van der Waals surface area contributed by atoms with Crippen LogP contribution >= 0.6 is 11.6 Å². The highest BCUT2D eigenvalue weighted by molar-refractivity contribution is 6.30. The molecule has 1 amide bonds. The maximum atomic E-state index is 11.9. The van der Waals surface area contributed by atoms with Gasteiger partial charge in [-0.3, -0.25) is 4.79 Å². The van der Waals surface area contributed by atoms with Crippen molar-refractivity contribution in [3.63, 3.8) is 0 Å². The first-order valence-electron chi connectivity index (χ1n) is 8.49. The summed E-state index contributed by atoms with van der Waals surface area (Å²) in [6.07, 6.45) is 0. The predicted molar refractivity (Wildman–Crippen MR) is 109 cm³/mol. The van der Waals surface area contributed by atoms with Gasteiger partial charge in [0, 0.05) is 5.02 Å². The monoisotopic (exact) mass is 378 g/mol. The van der Waals surface area contributed by atoms with Gasteiger partial charge in [0.15, 0.2) is 6.61 Å². The van der Waals surface area contributed by atoms with Crippen LogP contribution in [0.25, 0.3) is 11.1 Å². The molecule has 0 bridgehead atoms. The maximum absolute atomic E-state index is 11.9. The molecule has 0 aliphatic rings. The molecule has 0 aliphatic heterocycles. The zero-order valence-corrected chi connectivity index (χ0v) is 15.6. The number of halogens is 1. The van der Waals surface area contributed by atoms with Gasteiger partial charge >= 0.3 is 0 Å². The van der Waals surface area contributed by atoms with Gasteiger partial charge < -0.3 is 4.74 Å². The Kier molecular flexibility index (Phi) is 6.23. The first kappa shape index (κ1) is 18.7. The highest BCUT2D eigenvalue weighted by Crippen LogP contribution is 2.19. The van der Waals surface area contributed by atoms with Gasteiger partial charge in [0.05, 0.1) is 5.71 Å². The average molecular weight is 379 g/mol. The Bertz CT molecular complexity index is 921. The Labute approximate surface area is 163 Å². The van der Waals surface area contributed by atoms with Crippen molar-refractivity contribution < 1.29 is 9.53 Å². The Morgan fingerprint density at radius 2 is 1.56 bits per heavy atom. The van der Waals surface area contributed by atoms with Gasteiger partial charge in [-0.15, -0.1) is 0 Å². The number of nitrogens with one attached hydrogen (secondary N) is 1. The summed E-state index contributed by atoms with van der Waals surface area (Å²) < 4.78 is 5.39. The third kappa shape index (κ3) is 5.43. The Balaban J connectivity index is 1.55. The van der Waals surface area contributed by atoms with Crippen molar-refractivity contribution in [1.82, 2.24) is 5.43 Å². The number of ether oxygens (including phenoxy) is 1. The molecule has 0 saturated heterocycles. The summed E-state index contributed by atoms with van der Waals surface area (Å²) in [6.45, 7) is 1.73. The highest BCUT2D eigenvalue weighted by atomic mass is 35.5. The van der Waals surface area contributed by atoms with Crippen LogP contribution < -0.4 is 10.2 Å². The molecule has 1 N–H and O–H groups in total. The molecule has 4 nitrogen and oxygen atoms in total. The molecule has 3 rings (SSSR count). The normalized spacial score (nSPS) is 11.1. The van der Waals surface area contributed by atoms with Crippen molar-refractivity contribution in [3.8, 4) is 16.9 Å². The zero-order chi connectivity index (χ0) is 19.1. The lowest BCUT2D eigenvalue weighted by atomic mass is 10.0. The average Bonchev–Trinajstić information content (AvgIpc) is 2.72. The number of hydrogen-bond acceptors (Lipinski definition) is 3. The molecule has 0 heterocycles. The van der Waals surface area contributed by atoms with Crippen LogP contribution in [0, 0.1) is 0 Å². The topological polar surface area (TPSA) is 50.7 Å². The molecule has 0 fully saturated rings. The molecule has 0 saturated carbocycles.